The molecule has 0 aliphatic heterocycles. The molecular weight excluding hydrogens is 166 g/mol. The fourth-order valence-electron chi connectivity index (χ4n) is 1.22. The van der Waals surface area contributed by atoms with E-state index in [0.29, 0.717) is 17.7 Å². The van der Waals surface area contributed by atoms with E-state index in [2.05, 4.69) is 0 Å². The minimum Gasteiger partial charge on any atom is -0.508 e. The summed E-state index contributed by atoms with van der Waals surface area (Å²) in [5.74, 6) is 0.466. The van der Waals surface area contributed by atoms with Crippen LogP contribution in [0.5, 0.6) is 11.5 Å². The highest BCUT2D eigenvalue weighted by Gasteiger charge is 2.11. The van der Waals surface area contributed by atoms with Gasteiger partial charge in [-0.15, -0.1) is 0 Å². The molecule has 1 atom stereocenters. The van der Waals surface area contributed by atoms with Crippen molar-refractivity contribution in [3.63, 3.8) is 0 Å². The molecule has 3 heteroatoms. The molecule has 0 saturated heterocycles. The zero-order valence-corrected chi connectivity index (χ0v) is 7.91. The van der Waals surface area contributed by atoms with E-state index in [0.717, 1.165) is 0 Å². The number of rotatable bonds is 2. The topological polar surface area (TPSA) is 66.5 Å². The largest absolute Gasteiger partial charge is 0.508 e. The van der Waals surface area contributed by atoms with Crippen LogP contribution in [0.1, 0.15) is 24.0 Å². The standard InChI is InChI=1S/C10H15NO2/c1-6-3-10(13)8(4-9(6)12)7(2)5-11/h3-4,7,12-13H,5,11H2,1-2H3. The monoisotopic (exact) mass is 181 g/mol. The van der Waals surface area contributed by atoms with Crippen LogP contribution in [0.2, 0.25) is 0 Å². The molecule has 0 aromatic heterocycles. The molecule has 1 aromatic rings. The van der Waals surface area contributed by atoms with Gasteiger partial charge in [-0.05, 0) is 37.1 Å². The van der Waals surface area contributed by atoms with Gasteiger partial charge >= 0.3 is 0 Å². The predicted molar refractivity (Wildman–Crippen MR) is 52.0 cm³/mol. The molecule has 0 spiro atoms. The molecule has 0 heterocycles. The fourth-order valence-corrected chi connectivity index (χ4v) is 1.22. The molecule has 0 amide bonds. The molecule has 0 radical (unpaired) electrons. The van der Waals surface area contributed by atoms with Crippen LogP contribution in [-0.4, -0.2) is 16.8 Å². The number of aromatic hydroxyl groups is 2. The first-order valence-electron chi connectivity index (χ1n) is 4.28. The normalized spacial score (nSPS) is 12.8. The number of nitrogens with two attached hydrogens (primary N) is 1. The molecule has 13 heavy (non-hydrogen) atoms. The lowest BCUT2D eigenvalue weighted by atomic mass is 9.98. The number of hydrogen-bond donors (Lipinski definition) is 3. The summed E-state index contributed by atoms with van der Waals surface area (Å²) in [5, 5.41) is 19.0. The summed E-state index contributed by atoms with van der Waals surface area (Å²) in [5.41, 5.74) is 6.84. The maximum absolute atomic E-state index is 9.55. The van der Waals surface area contributed by atoms with E-state index in [9.17, 15) is 10.2 Å². The molecule has 0 aliphatic rings. The minimum atomic E-state index is 0.0616. The van der Waals surface area contributed by atoms with Crippen LogP contribution in [0.25, 0.3) is 0 Å². The SMILES string of the molecule is Cc1cc(O)c(C(C)CN)cc1O. The second-order valence-electron chi connectivity index (χ2n) is 3.33. The Morgan fingerprint density at radius 2 is 1.92 bits per heavy atom. The Balaban J connectivity index is 3.15. The molecule has 0 saturated carbocycles. The predicted octanol–water partition coefficient (Wildman–Crippen LogP) is 1.47. The van der Waals surface area contributed by atoms with E-state index in [1.807, 2.05) is 6.92 Å². The number of phenolic OH excluding ortho intramolecular Hbond substituents is 2. The Kier molecular flexibility index (Phi) is 2.78. The van der Waals surface area contributed by atoms with Crippen molar-refractivity contribution in [1.82, 2.24) is 0 Å². The van der Waals surface area contributed by atoms with E-state index in [1.54, 1.807) is 19.1 Å². The van der Waals surface area contributed by atoms with Gasteiger partial charge in [0.2, 0.25) is 0 Å². The molecule has 3 nitrogen and oxygen atoms in total. The van der Waals surface area contributed by atoms with Gasteiger partial charge in [0.15, 0.2) is 0 Å². The Morgan fingerprint density at radius 3 is 2.46 bits per heavy atom. The summed E-state index contributed by atoms with van der Waals surface area (Å²) in [4.78, 5) is 0. The van der Waals surface area contributed by atoms with Crippen LogP contribution >= 0.6 is 0 Å². The van der Waals surface area contributed by atoms with Crippen molar-refractivity contribution >= 4 is 0 Å². The van der Waals surface area contributed by atoms with Crippen LogP contribution in [0.3, 0.4) is 0 Å². The Hall–Kier alpha value is -1.22. The number of aryl methyl sites for hydroxylation is 1. The van der Waals surface area contributed by atoms with Crippen molar-refractivity contribution in [2.24, 2.45) is 5.73 Å². The van der Waals surface area contributed by atoms with E-state index in [4.69, 9.17) is 5.73 Å². The zero-order valence-electron chi connectivity index (χ0n) is 7.91. The van der Waals surface area contributed by atoms with Gasteiger partial charge in [0.05, 0.1) is 0 Å². The molecule has 1 unspecified atom stereocenters. The lowest BCUT2D eigenvalue weighted by Crippen LogP contribution is -2.09. The van der Waals surface area contributed by atoms with Crippen LogP contribution in [-0.2, 0) is 0 Å². The molecule has 0 bridgehead atoms. The summed E-state index contributed by atoms with van der Waals surface area (Å²) < 4.78 is 0. The first kappa shape index (κ1) is 9.86. The number of phenols is 2. The lowest BCUT2D eigenvalue weighted by Gasteiger charge is -2.12. The fraction of sp³-hybridized carbons (Fsp3) is 0.400. The van der Waals surface area contributed by atoms with Crippen molar-refractivity contribution in [3.05, 3.63) is 23.3 Å². The van der Waals surface area contributed by atoms with Crippen molar-refractivity contribution in [1.29, 1.82) is 0 Å². The van der Waals surface area contributed by atoms with Gasteiger partial charge in [-0.2, -0.15) is 0 Å². The maximum atomic E-state index is 9.55. The van der Waals surface area contributed by atoms with E-state index >= 15 is 0 Å². The van der Waals surface area contributed by atoms with Crippen LogP contribution in [0, 0.1) is 6.92 Å². The van der Waals surface area contributed by atoms with Crippen molar-refractivity contribution < 1.29 is 10.2 Å². The average molecular weight is 181 g/mol. The molecule has 0 fully saturated rings. The third-order valence-electron chi connectivity index (χ3n) is 2.23. The van der Waals surface area contributed by atoms with Crippen molar-refractivity contribution in [2.75, 3.05) is 6.54 Å². The van der Waals surface area contributed by atoms with Crippen LogP contribution in [0.15, 0.2) is 12.1 Å². The minimum absolute atomic E-state index is 0.0616. The van der Waals surface area contributed by atoms with Gasteiger partial charge in [-0.3, -0.25) is 0 Å². The molecule has 1 rings (SSSR count). The smallest absolute Gasteiger partial charge is 0.119 e. The summed E-state index contributed by atoms with van der Waals surface area (Å²) in [6.07, 6.45) is 0. The second-order valence-corrected chi connectivity index (χ2v) is 3.33. The number of benzene rings is 1. The lowest BCUT2D eigenvalue weighted by molar-refractivity contribution is 0.447. The zero-order chi connectivity index (χ0) is 10.0. The number of hydrogen-bond acceptors (Lipinski definition) is 3. The quantitative estimate of drug-likeness (QED) is 0.605. The van der Waals surface area contributed by atoms with Gasteiger partial charge in [0, 0.05) is 5.56 Å². The van der Waals surface area contributed by atoms with E-state index in [-0.39, 0.29) is 17.4 Å². The van der Waals surface area contributed by atoms with Gasteiger partial charge in [0.1, 0.15) is 11.5 Å². The average Bonchev–Trinajstić information content (AvgIpc) is 2.10. The van der Waals surface area contributed by atoms with E-state index < -0.39 is 0 Å². The summed E-state index contributed by atoms with van der Waals surface area (Å²) in [7, 11) is 0. The first-order chi connectivity index (χ1) is 6.06. The molecule has 0 aliphatic carbocycles. The van der Waals surface area contributed by atoms with E-state index in [1.165, 1.54) is 0 Å². The molecule has 4 N–H and O–H groups in total. The highest BCUT2D eigenvalue weighted by molar-refractivity contribution is 5.45. The highest BCUT2D eigenvalue weighted by atomic mass is 16.3. The molecular formula is C10H15NO2. The van der Waals surface area contributed by atoms with Gasteiger partial charge in [-0.25, -0.2) is 0 Å². The van der Waals surface area contributed by atoms with Crippen molar-refractivity contribution in [3.8, 4) is 11.5 Å². The molecule has 72 valence electrons. The van der Waals surface area contributed by atoms with Gasteiger partial charge < -0.3 is 15.9 Å². The van der Waals surface area contributed by atoms with Crippen LogP contribution < -0.4 is 5.73 Å². The Morgan fingerprint density at radius 1 is 1.31 bits per heavy atom. The Bertz CT molecular complexity index is 310. The second kappa shape index (κ2) is 3.66. The summed E-state index contributed by atoms with van der Waals surface area (Å²) in [6.45, 7) is 4.10. The van der Waals surface area contributed by atoms with Crippen molar-refractivity contribution in [2.45, 2.75) is 19.8 Å². The molecule has 1 aromatic carbocycles. The third-order valence-corrected chi connectivity index (χ3v) is 2.23. The Labute approximate surface area is 77.8 Å². The van der Waals surface area contributed by atoms with Gasteiger partial charge in [-0.1, -0.05) is 6.92 Å². The highest BCUT2D eigenvalue weighted by Crippen LogP contribution is 2.31. The van der Waals surface area contributed by atoms with Crippen LogP contribution in [0.4, 0.5) is 0 Å². The summed E-state index contributed by atoms with van der Waals surface area (Å²) >= 11 is 0. The first-order valence-corrected chi connectivity index (χ1v) is 4.28. The summed E-state index contributed by atoms with van der Waals surface area (Å²) in [6, 6.07) is 3.12. The maximum Gasteiger partial charge on any atom is 0.119 e. The van der Waals surface area contributed by atoms with Gasteiger partial charge in [0.25, 0.3) is 0 Å². The third kappa shape index (κ3) is 1.92.